The zero-order valence-corrected chi connectivity index (χ0v) is 19.9. The fraction of sp³-hybridized carbons (Fsp3) is 0.407. The van der Waals surface area contributed by atoms with Gasteiger partial charge in [-0.15, -0.1) is 0 Å². The van der Waals surface area contributed by atoms with E-state index in [1.54, 1.807) is 23.1 Å². The number of likely N-dealkylation sites (tertiary alicyclic amines) is 1. The van der Waals surface area contributed by atoms with Gasteiger partial charge in [0.05, 0.1) is 24.8 Å². The molecule has 0 radical (unpaired) electrons. The summed E-state index contributed by atoms with van der Waals surface area (Å²) in [6, 6.07) is 12.3. The number of ether oxygens (including phenoxy) is 3. The summed E-state index contributed by atoms with van der Waals surface area (Å²) in [4.78, 5) is 30.3. The molecule has 0 saturated carbocycles. The summed E-state index contributed by atoms with van der Waals surface area (Å²) in [6.45, 7) is 6.84. The van der Waals surface area contributed by atoms with Crippen molar-refractivity contribution in [1.82, 2.24) is 9.80 Å². The van der Waals surface area contributed by atoms with E-state index in [1.165, 1.54) is 0 Å². The Morgan fingerprint density at radius 2 is 1.66 bits per heavy atom. The molecule has 3 aliphatic heterocycles. The number of aliphatic hydroxyl groups excluding tert-OH is 1. The maximum absolute atomic E-state index is 13.3. The number of hydrogen-bond acceptors (Lipinski definition) is 7. The molecule has 2 saturated heterocycles. The highest BCUT2D eigenvalue weighted by Gasteiger charge is 2.46. The van der Waals surface area contributed by atoms with Crippen LogP contribution in [0.2, 0.25) is 0 Å². The number of aryl methyl sites for hydroxylation is 1. The Morgan fingerprint density at radius 3 is 2.37 bits per heavy atom. The van der Waals surface area contributed by atoms with Crippen LogP contribution >= 0.6 is 0 Å². The van der Waals surface area contributed by atoms with Crippen molar-refractivity contribution in [1.29, 1.82) is 0 Å². The molecule has 0 spiro atoms. The fourth-order valence-corrected chi connectivity index (χ4v) is 4.81. The maximum Gasteiger partial charge on any atom is 0.295 e. The first-order chi connectivity index (χ1) is 17.1. The number of hydrogen-bond donors (Lipinski definition) is 1. The second-order valence-electron chi connectivity index (χ2n) is 8.90. The molecular formula is C27H30N2O6. The van der Waals surface area contributed by atoms with Gasteiger partial charge in [-0.05, 0) is 35.7 Å². The summed E-state index contributed by atoms with van der Waals surface area (Å²) < 4.78 is 16.7. The van der Waals surface area contributed by atoms with Gasteiger partial charge in [-0.3, -0.25) is 14.5 Å². The van der Waals surface area contributed by atoms with Gasteiger partial charge in [-0.2, -0.15) is 0 Å². The van der Waals surface area contributed by atoms with Crippen LogP contribution in [-0.2, 0) is 20.7 Å². The van der Waals surface area contributed by atoms with Crippen LogP contribution < -0.4 is 9.47 Å². The van der Waals surface area contributed by atoms with Gasteiger partial charge in [0.2, 0.25) is 0 Å². The summed E-state index contributed by atoms with van der Waals surface area (Å²) in [7, 11) is 0. The minimum atomic E-state index is -0.677. The van der Waals surface area contributed by atoms with Crippen LogP contribution in [0.5, 0.6) is 11.5 Å². The van der Waals surface area contributed by atoms with Gasteiger partial charge >= 0.3 is 0 Å². The standard InChI is InChI=1S/C27H30N2O6/c1-2-18-3-5-19(6-4-18)24-23(25(30)20-7-8-21-22(17-20)35-16-15-34-21)26(31)27(32)29(24)10-9-28-11-13-33-14-12-28/h3-8,17,24,30H,2,9-16H2,1H3/b25-23+. The molecule has 0 bridgehead atoms. The number of nitrogens with zero attached hydrogens (tertiary/aromatic N) is 2. The number of aliphatic hydroxyl groups is 1. The molecule has 5 rings (SSSR count). The predicted octanol–water partition coefficient (Wildman–Crippen LogP) is 2.77. The van der Waals surface area contributed by atoms with Crippen LogP contribution in [0.4, 0.5) is 0 Å². The molecule has 2 aromatic carbocycles. The Kier molecular flexibility index (Phi) is 6.74. The van der Waals surface area contributed by atoms with Crippen molar-refractivity contribution >= 4 is 17.4 Å². The molecule has 1 N–H and O–H groups in total. The van der Waals surface area contributed by atoms with Crippen molar-refractivity contribution < 1.29 is 28.9 Å². The van der Waals surface area contributed by atoms with Crippen LogP contribution in [0.1, 0.15) is 29.7 Å². The van der Waals surface area contributed by atoms with Crippen LogP contribution in [-0.4, -0.2) is 79.2 Å². The molecule has 184 valence electrons. The lowest BCUT2D eigenvalue weighted by Crippen LogP contribution is -2.42. The first kappa shape index (κ1) is 23.4. The minimum Gasteiger partial charge on any atom is -0.507 e. The minimum absolute atomic E-state index is 0.0953. The zero-order valence-electron chi connectivity index (χ0n) is 19.9. The van der Waals surface area contributed by atoms with Gasteiger partial charge in [0.15, 0.2) is 11.5 Å². The summed E-state index contributed by atoms with van der Waals surface area (Å²) in [5.41, 5.74) is 2.46. The number of morpholine rings is 1. The van der Waals surface area contributed by atoms with E-state index in [4.69, 9.17) is 14.2 Å². The third kappa shape index (κ3) is 4.63. The number of rotatable bonds is 6. The highest BCUT2D eigenvalue weighted by molar-refractivity contribution is 6.46. The third-order valence-corrected chi connectivity index (χ3v) is 6.82. The number of carbonyl (C=O) groups excluding carboxylic acids is 2. The SMILES string of the molecule is CCc1ccc(C2/C(=C(\O)c3ccc4c(c3)OCCO4)C(=O)C(=O)N2CCN2CCOCC2)cc1. The lowest BCUT2D eigenvalue weighted by molar-refractivity contribution is -0.140. The molecule has 3 aliphatic rings. The first-order valence-electron chi connectivity index (χ1n) is 12.1. The number of ketones is 1. The van der Waals surface area contributed by atoms with Gasteiger partial charge in [0.25, 0.3) is 11.7 Å². The van der Waals surface area contributed by atoms with Crippen LogP contribution in [0.15, 0.2) is 48.0 Å². The second kappa shape index (κ2) is 10.1. The molecule has 0 aromatic heterocycles. The van der Waals surface area contributed by atoms with E-state index in [1.807, 2.05) is 24.3 Å². The van der Waals surface area contributed by atoms with Crippen molar-refractivity contribution in [3.63, 3.8) is 0 Å². The topological polar surface area (TPSA) is 88.5 Å². The Labute approximate surface area is 204 Å². The predicted molar refractivity (Wildman–Crippen MR) is 130 cm³/mol. The molecule has 1 unspecified atom stereocenters. The van der Waals surface area contributed by atoms with E-state index >= 15 is 0 Å². The molecule has 2 aromatic rings. The van der Waals surface area contributed by atoms with Gasteiger partial charge in [0.1, 0.15) is 19.0 Å². The number of fused-ring (bicyclic) bond motifs is 1. The van der Waals surface area contributed by atoms with Crippen molar-refractivity contribution in [3.05, 3.63) is 64.7 Å². The van der Waals surface area contributed by atoms with Crippen LogP contribution in [0.25, 0.3) is 5.76 Å². The lowest BCUT2D eigenvalue weighted by Gasteiger charge is -2.31. The quantitative estimate of drug-likeness (QED) is 0.388. The fourth-order valence-electron chi connectivity index (χ4n) is 4.81. The average Bonchev–Trinajstić information content (AvgIpc) is 3.16. The molecule has 8 heteroatoms. The van der Waals surface area contributed by atoms with E-state index in [2.05, 4.69) is 11.8 Å². The van der Waals surface area contributed by atoms with E-state index in [9.17, 15) is 14.7 Å². The maximum atomic E-state index is 13.3. The molecule has 1 atom stereocenters. The summed E-state index contributed by atoms with van der Waals surface area (Å²) in [5.74, 6) is -0.388. The number of carbonyl (C=O) groups is 2. The molecule has 35 heavy (non-hydrogen) atoms. The van der Waals surface area contributed by atoms with Gasteiger partial charge < -0.3 is 24.2 Å². The Hall–Kier alpha value is -3.36. The van der Waals surface area contributed by atoms with Crippen molar-refractivity contribution in [2.45, 2.75) is 19.4 Å². The highest BCUT2D eigenvalue weighted by Crippen LogP contribution is 2.41. The first-order valence-corrected chi connectivity index (χ1v) is 12.1. The summed E-state index contributed by atoms with van der Waals surface area (Å²) in [6.07, 6.45) is 0.884. The van der Waals surface area contributed by atoms with E-state index in [-0.39, 0.29) is 11.3 Å². The average molecular weight is 479 g/mol. The zero-order chi connectivity index (χ0) is 24.4. The molecule has 0 aliphatic carbocycles. The van der Waals surface area contributed by atoms with E-state index in [0.717, 1.165) is 30.6 Å². The van der Waals surface area contributed by atoms with Crippen molar-refractivity contribution in [2.24, 2.45) is 0 Å². The number of Topliss-reactive ketones (excluding diaryl/α,β-unsaturated/α-hetero) is 1. The van der Waals surface area contributed by atoms with Crippen molar-refractivity contribution in [3.8, 4) is 11.5 Å². The van der Waals surface area contributed by atoms with Gasteiger partial charge in [0, 0.05) is 31.7 Å². The highest BCUT2D eigenvalue weighted by atomic mass is 16.6. The molecule has 3 heterocycles. The molecule has 1 amide bonds. The monoisotopic (exact) mass is 478 g/mol. The lowest BCUT2D eigenvalue weighted by atomic mass is 9.94. The summed E-state index contributed by atoms with van der Waals surface area (Å²) >= 11 is 0. The van der Waals surface area contributed by atoms with E-state index in [0.29, 0.717) is 56.6 Å². The van der Waals surface area contributed by atoms with E-state index < -0.39 is 17.7 Å². The number of amides is 1. The number of benzene rings is 2. The Bertz CT molecular complexity index is 1140. The second-order valence-corrected chi connectivity index (χ2v) is 8.90. The molecule has 8 nitrogen and oxygen atoms in total. The Balaban J connectivity index is 1.53. The van der Waals surface area contributed by atoms with Crippen LogP contribution in [0, 0.1) is 0 Å². The smallest absolute Gasteiger partial charge is 0.295 e. The van der Waals surface area contributed by atoms with Gasteiger partial charge in [-0.1, -0.05) is 31.2 Å². The van der Waals surface area contributed by atoms with Gasteiger partial charge in [-0.25, -0.2) is 0 Å². The normalized spacial score (nSPS) is 22.0. The van der Waals surface area contributed by atoms with Crippen LogP contribution in [0.3, 0.4) is 0 Å². The third-order valence-electron chi connectivity index (χ3n) is 6.82. The Morgan fingerprint density at radius 1 is 0.943 bits per heavy atom. The summed E-state index contributed by atoms with van der Waals surface area (Å²) in [5, 5.41) is 11.3. The molecular weight excluding hydrogens is 448 g/mol. The largest absolute Gasteiger partial charge is 0.507 e. The molecule has 2 fully saturated rings. The van der Waals surface area contributed by atoms with Crippen molar-refractivity contribution in [2.75, 3.05) is 52.6 Å².